The summed E-state index contributed by atoms with van der Waals surface area (Å²) in [4.78, 5) is 13.8. The van der Waals surface area contributed by atoms with Crippen molar-refractivity contribution in [2.75, 3.05) is 25.1 Å². The Labute approximate surface area is 93.8 Å². The van der Waals surface area contributed by atoms with E-state index in [0.717, 1.165) is 17.9 Å². The van der Waals surface area contributed by atoms with Gasteiger partial charge in [-0.25, -0.2) is 4.39 Å². The molecule has 3 atom stereocenters. The summed E-state index contributed by atoms with van der Waals surface area (Å²) >= 11 is 1.88. The first-order valence-corrected chi connectivity index (χ1v) is 6.56. The number of likely N-dealkylation sites (N-methyl/N-ethyl adjacent to an activating group) is 1. The van der Waals surface area contributed by atoms with Crippen LogP contribution in [0.25, 0.3) is 0 Å². The molecular weight excluding hydrogens is 215 g/mol. The van der Waals surface area contributed by atoms with Crippen LogP contribution in [0, 0.1) is 0 Å². The van der Waals surface area contributed by atoms with Crippen LogP contribution in [-0.2, 0) is 4.79 Å². The van der Waals surface area contributed by atoms with Crippen molar-refractivity contribution in [2.45, 2.75) is 31.1 Å². The minimum Gasteiger partial charge on any atom is -0.341 e. The van der Waals surface area contributed by atoms with Gasteiger partial charge in [-0.1, -0.05) is 0 Å². The Hall–Kier alpha value is -0.290. The van der Waals surface area contributed by atoms with Crippen LogP contribution in [-0.4, -0.2) is 54.2 Å². The van der Waals surface area contributed by atoms with Gasteiger partial charge in [-0.05, 0) is 12.2 Å². The number of nitrogens with zero attached hydrogens (tertiary/aromatic N) is 1. The molecule has 2 heterocycles. The van der Waals surface area contributed by atoms with Crippen molar-refractivity contribution in [1.82, 2.24) is 10.2 Å². The molecule has 0 aromatic rings. The third-order valence-electron chi connectivity index (χ3n) is 3.18. The Morgan fingerprint density at radius 2 is 2.40 bits per heavy atom. The molecule has 15 heavy (non-hydrogen) atoms. The summed E-state index contributed by atoms with van der Waals surface area (Å²) < 4.78 is 12.9. The van der Waals surface area contributed by atoms with E-state index in [1.165, 1.54) is 0 Å². The van der Waals surface area contributed by atoms with E-state index >= 15 is 0 Å². The van der Waals surface area contributed by atoms with Crippen molar-refractivity contribution in [3.05, 3.63) is 0 Å². The Bertz CT molecular complexity index is 246. The highest BCUT2D eigenvalue weighted by Crippen LogP contribution is 2.23. The minimum atomic E-state index is -0.856. The number of alkyl halides is 1. The fraction of sp³-hybridized carbons (Fsp3) is 0.900. The standard InChI is InChI=1S/C10H17FN2OS/c1-13(8-2-3-15-6-8)10(14)9-4-7(11)5-12-9/h7-9,12H,2-6H2,1H3/t7-,8?,9+/m0/s1. The second-order valence-corrected chi connectivity index (χ2v) is 5.41. The van der Waals surface area contributed by atoms with Gasteiger partial charge in [0.25, 0.3) is 0 Å². The number of amides is 1. The van der Waals surface area contributed by atoms with Crippen LogP contribution in [0.1, 0.15) is 12.8 Å². The average Bonchev–Trinajstić information content (AvgIpc) is 2.85. The zero-order valence-corrected chi connectivity index (χ0v) is 9.73. The second kappa shape index (κ2) is 4.70. The second-order valence-electron chi connectivity index (χ2n) is 4.26. The molecule has 2 rings (SSSR count). The monoisotopic (exact) mass is 232 g/mol. The quantitative estimate of drug-likeness (QED) is 0.759. The number of hydrogen-bond donors (Lipinski definition) is 1. The number of halogens is 1. The summed E-state index contributed by atoms with van der Waals surface area (Å²) in [6.45, 7) is 0.323. The Balaban J connectivity index is 1.89. The molecule has 0 aromatic carbocycles. The largest absolute Gasteiger partial charge is 0.341 e. The lowest BCUT2D eigenvalue weighted by Crippen LogP contribution is -2.46. The first-order valence-electron chi connectivity index (χ1n) is 5.40. The Morgan fingerprint density at radius 3 is 2.93 bits per heavy atom. The molecule has 2 fully saturated rings. The molecular formula is C10H17FN2OS. The van der Waals surface area contributed by atoms with Gasteiger partial charge in [-0.15, -0.1) is 0 Å². The molecule has 0 radical (unpaired) electrons. The normalized spacial score (nSPS) is 35.7. The maximum absolute atomic E-state index is 12.9. The topological polar surface area (TPSA) is 32.3 Å². The lowest BCUT2D eigenvalue weighted by atomic mass is 10.1. The summed E-state index contributed by atoms with van der Waals surface area (Å²) in [7, 11) is 1.84. The van der Waals surface area contributed by atoms with Gasteiger partial charge in [0.1, 0.15) is 6.17 Å². The van der Waals surface area contributed by atoms with E-state index in [1.54, 1.807) is 4.90 Å². The fourth-order valence-electron chi connectivity index (χ4n) is 2.13. The van der Waals surface area contributed by atoms with E-state index in [2.05, 4.69) is 5.32 Å². The van der Waals surface area contributed by atoms with Gasteiger partial charge in [0.05, 0.1) is 6.04 Å². The van der Waals surface area contributed by atoms with E-state index in [0.29, 0.717) is 19.0 Å². The van der Waals surface area contributed by atoms with Crippen molar-refractivity contribution in [3.63, 3.8) is 0 Å². The Kier molecular flexibility index (Phi) is 3.51. The number of thioether (sulfide) groups is 1. The SMILES string of the molecule is CN(C(=O)[C@H]1C[C@H](F)CN1)C1CCSC1. The summed E-state index contributed by atoms with van der Waals surface area (Å²) in [6.07, 6.45) is 0.548. The third-order valence-corrected chi connectivity index (χ3v) is 4.32. The lowest BCUT2D eigenvalue weighted by Gasteiger charge is -2.26. The van der Waals surface area contributed by atoms with Gasteiger partial charge in [0.15, 0.2) is 0 Å². The van der Waals surface area contributed by atoms with Gasteiger partial charge in [-0.3, -0.25) is 4.79 Å². The average molecular weight is 232 g/mol. The number of nitrogens with one attached hydrogen (secondary N) is 1. The molecule has 0 aromatic heterocycles. The van der Waals surface area contributed by atoms with Gasteiger partial charge >= 0.3 is 0 Å². The molecule has 2 saturated heterocycles. The van der Waals surface area contributed by atoms with Gasteiger partial charge in [0, 0.05) is 31.8 Å². The van der Waals surface area contributed by atoms with Crippen LogP contribution in [0.5, 0.6) is 0 Å². The van der Waals surface area contributed by atoms with Crippen LogP contribution in [0.3, 0.4) is 0 Å². The minimum absolute atomic E-state index is 0.0580. The van der Waals surface area contributed by atoms with Crippen molar-refractivity contribution < 1.29 is 9.18 Å². The van der Waals surface area contributed by atoms with Crippen molar-refractivity contribution in [2.24, 2.45) is 0 Å². The van der Waals surface area contributed by atoms with Crippen molar-refractivity contribution in [3.8, 4) is 0 Å². The molecule has 0 spiro atoms. The molecule has 86 valence electrons. The summed E-state index contributed by atoms with van der Waals surface area (Å²) in [6, 6.07) is 0.0542. The van der Waals surface area contributed by atoms with Gasteiger partial charge in [-0.2, -0.15) is 11.8 Å². The molecule has 0 saturated carbocycles. The number of rotatable bonds is 2. The van der Waals surface area contributed by atoms with E-state index in [4.69, 9.17) is 0 Å². The van der Waals surface area contributed by atoms with Crippen molar-refractivity contribution in [1.29, 1.82) is 0 Å². The number of carbonyl (C=O) groups excluding carboxylic acids is 1. The highest BCUT2D eigenvalue weighted by molar-refractivity contribution is 7.99. The molecule has 0 bridgehead atoms. The van der Waals surface area contributed by atoms with E-state index in [9.17, 15) is 9.18 Å². The third kappa shape index (κ3) is 2.45. The zero-order valence-electron chi connectivity index (χ0n) is 8.91. The van der Waals surface area contributed by atoms with Crippen LogP contribution in [0.15, 0.2) is 0 Å². The molecule has 2 aliphatic rings. The van der Waals surface area contributed by atoms with Crippen molar-refractivity contribution >= 4 is 17.7 Å². The highest BCUT2D eigenvalue weighted by atomic mass is 32.2. The summed E-state index contributed by atoms with van der Waals surface area (Å²) in [5.74, 6) is 2.21. The molecule has 5 heteroatoms. The fourth-order valence-corrected chi connectivity index (χ4v) is 3.40. The summed E-state index contributed by atoms with van der Waals surface area (Å²) in [5, 5.41) is 2.94. The van der Waals surface area contributed by atoms with E-state index < -0.39 is 6.17 Å². The molecule has 1 N–H and O–H groups in total. The van der Waals surface area contributed by atoms with Crippen LogP contribution < -0.4 is 5.32 Å². The van der Waals surface area contributed by atoms with Crippen LogP contribution >= 0.6 is 11.8 Å². The molecule has 3 nitrogen and oxygen atoms in total. The van der Waals surface area contributed by atoms with Gasteiger partial charge < -0.3 is 10.2 Å². The predicted molar refractivity (Wildman–Crippen MR) is 59.8 cm³/mol. The molecule has 2 aliphatic heterocycles. The first kappa shape index (κ1) is 11.2. The maximum atomic E-state index is 12.9. The lowest BCUT2D eigenvalue weighted by molar-refractivity contribution is -0.133. The van der Waals surface area contributed by atoms with E-state index in [1.807, 2.05) is 18.8 Å². The molecule has 1 unspecified atom stereocenters. The molecule has 1 amide bonds. The van der Waals surface area contributed by atoms with E-state index in [-0.39, 0.29) is 11.9 Å². The Morgan fingerprint density at radius 1 is 1.60 bits per heavy atom. The zero-order chi connectivity index (χ0) is 10.8. The highest BCUT2D eigenvalue weighted by Gasteiger charge is 2.34. The van der Waals surface area contributed by atoms with Crippen LogP contribution in [0.4, 0.5) is 4.39 Å². The van der Waals surface area contributed by atoms with Gasteiger partial charge in [0.2, 0.25) is 5.91 Å². The maximum Gasteiger partial charge on any atom is 0.239 e. The summed E-state index contributed by atoms with van der Waals surface area (Å²) in [5.41, 5.74) is 0. The smallest absolute Gasteiger partial charge is 0.239 e. The first-order chi connectivity index (χ1) is 7.18. The number of carbonyl (C=O) groups is 1. The predicted octanol–water partition coefficient (Wildman–Crippen LogP) is 0.650. The molecule has 0 aliphatic carbocycles. The number of hydrogen-bond acceptors (Lipinski definition) is 3. The van der Waals surface area contributed by atoms with Crippen LogP contribution in [0.2, 0.25) is 0 Å².